The molecule has 2 rings (SSSR count). The molecule has 0 aliphatic rings. The van der Waals surface area contributed by atoms with E-state index in [1.807, 2.05) is 12.1 Å². The van der Waals surface area contributed by atoms with Gasteiger partial charge in [0.2, 0.25) is 0 Å². The maximum Gasteiger partial charge on any atom is 0.341 e. The van der Waals surface area contributed by atoms with E-state index in [-0.39, 0.29) is 5.56 Å². The van der Waals surface area contributed by atoms with Crippen LogP contribution in [0.15, 0.2) is 35.3 Å². The molecule has 0 spiro atoms. The van der Waals surface area contributed by atoms with Gasteiger partial charge in [0.05, 0.1) is 5.69 Å². The maximum atomic E-state index is 11.9. The summed E-state index contributed by atoms with van der Waals surface area (Å²) in [5.41, 5.74) is 1.31. The third-order valence-corrected chi connectivity index (χ3v) is 3.57. The molecule has 0 atom stereocenters. The molecule has 0 radical (unpaired) electrons. The molecule has 0 aliphatic heterocycles. The molecule has 0 aliphatic carbocycles. The van der Waals surface area contributed by atoms with E-state index in [9.17, 15) is 9.59 Å². The lowest BCUT2D eigenvalue weighted by molar-refractivity contribution is 0.0695. The van der Waals surface area contributed by atoms with Crippen LogP contribution in [0.3, 0.4) is 0 Å². The third-order valence-electron chi connectivity index (χ3n) is 3.57. The van der Waals surface area contributed by atoms with Gasteiger partial charge >= 0.3 is 5.97 Å². The van der Waals surface area contributed by atoms with E-state index in [1.54, 1.807) is 12.3 Å². The minimum absolute atomic E-state index is 0.252. The van der Waals surface area contributed by atoms with Gasteiger partial charge in [-0.3, -0.25) is 9.78 Å². The topological polar surface area (TPSA) is 83.0 Å². The van der Waals surface area contributed by atoms with Crippen LogP contribution >= 0.6 is 0 Å². The van der Waals surface area contributed by atoms with E-state index in [1.165, 1.54) is 6.07 Å². The summed E-state index contributed by atoms with van der Waals surface area (Å²) in [5.74, 6) is -1.23. The number of aromatic nitrogens is 2. The number of nitrogens with zero attached hydrogens (tertiary/aromatic N) is 1. The highest BCUT2D eigenvalue weighted by atomic mass is 16.4. The lowest BCUT2D eigenvalue weighted by Gasteiger charge is -2.10. The summed E-state index contributed by atoms with van der Waals surface area (Å²) in [6.07, 6.45) is 6.69. The van der Waals surface area contributed by atoms with E-state index in [0.29, 0.717) is 17.7 Å². The number of carbonyl (C=O) groups is 1. The molecule has 2 heterocycles. The summed E-state index contributed by atoms with van der Waals surface area (Å²) in [6.45, 7) is 2.14. The SMILES string of the molecule is CCCCCCc1[nH]c(=O)c(C(=O)O)cc1-c1ccccn1. The quantitative estimate of drug-likeness (QED) is 0.769. The molecule has 5 nitrogen and oxygen atoms in total. The summed E-state index contributed by atoms with van der Waals surface area (Å²) in [4.78, 5) is 30.1. The summed E-state index contributed by atoms with van der Waals surface area (Å²) in [7, 11) is 0. The fourth-order valence-corrected chi connectivity index (χ4v) is 2.40. The number of carboxylic acids is 1. The van der Waals surface area contributed by atoms with Gasteiger partial charge in [0.1, 0.15) is 5.56 Å². The van der Waals surface area contributed by atoms with Crippen molar-refractivity contribution in [2.75, 3.05) is 0 Å². The van der Waals surface area contributed by atoms with Crippen LogP contribution in [0, 0.1) is 0 Å². The molecule has 5 heteroatoms. The number of pyridine rings is 2. The molecule has 0 unspecified atom stereocenters. The molecule has 0 aromatic carbocycles. The van der Waals surface area contributed by atoms with Gasteiger partial charge in [0, 0.05) is 17.5 Å². The van der Waals surface area contributed by atoms with Crippen molar-refractivity contribution in [1.29, 1.82) is 0 Å². The molecule has 2 N–H and O–H groups in total. The van der Waals surface area contributed by atoms with E-state index < -0.39 is 11.5 Å². The second kappa shape index (κ2) is 7.54. The van der Waals surface area contributed by atoms with Crippen LogP contribution in [0.25, 0.3) is 11.3 Å². The van der Waals surface area contributed by atoms with Gasteiger partial charge in [-0.15, -0.1) is 0 Å². The normalized spacial score (nSPS) is 10.6. The zero-order valence-corrected chi connectivity index (χ0v) is 12.6. The molecule has 0 fully saturated rings. The Morgan fingerprint density at radius 3 is 2.73 bits per heavy atom. The van der Waals surface area contributed by atoms with Crippen molar-refractivity contribution in [3.63, 3.8) is 0 Å². The van der Waals surface area contributed by atoms with E-state index in [2.05, 4.69) is 16.9 Å². The number of aromatic amines is 1. The lowest BCUT2D eigenvalue weighted by atomic mass is 10.0. The molecular weight excluding hydrogens is 280 g/mol. The zero-order valence-electron chi connectivity index (χ0n) is 12.6. The predicted octanol–water partition coefficient (Wildman–Crippen LogP) is 3.26. The number of H-pyrrole nitrogens is 1. The Labute approximate surface area is 129 Å². The van der Waals surface area contributed by atoms with Crippen molar-refractivity contribution in [2.45, 2.75) is 39.0 Å². The Kier molecular flexibility index (Phi) is 5.47. The predicted molar refractivity (Wildman–Crippen MR) is 85.1 cm³/mol. The molecule has 0 bridgehead atoms. The second-order valence-electron chi connectivity index (χ2n) is 5.24. The summed E-state index contributed by atoms with van der Waals surface area (Å²) >= 11 is 0. The minimum Gasteiger partial charge on any atom is -0.477 e. The van der Waals surface area contributed by atoms with Crippen molar-refractivity contribution in [3.8, 4) is 11.3 Å². The van der Waals surface area contributed by atoms with Gasteiger partial charge in [-0.1, -0.05) is 32.3 Å². The number of carboxylic acid groups (broad SMARTS) is 1. The van der Waals surface area contributed by atoms with Crippen LogP contribution in [0.1, 0.15) is 48.7 Å². The largest absolute Gasteiger partial charge is 0.477 e. The number of aromatic carboxylic acids is 1. The van der Waals surface area contributed by atoms with Gasteiger partial charge in [-0.2, -0.15) is 0 Å². The Balaban J connectivity index is 2.40. The molecule has 0 saturated carbocycles. The molecule has 0 saturated heterocycles. The summed E-state index contributed by atoms with van der Waals surface area (Å²) in [5, 5.41) is 9.13. The number of aryl methyl sites for hydroxylation is 1. The number of rotatable bonds is 7. The third kappa shape index (κ3) is 3.81. The fourth-order valence-electron chi connectivity index (χ4n) is 2.40. The van der Waals surface area contributed by atoms with E-state index in [4.69, 9.17) is 5.11 Å². The molecule has 22 heavy (non-hydrogen) atoms. The first-order valence-corrected chi connectivity index (χ1v) is 7.54. The zero-order chi connectivity index (χ0) is 15.9. The van der Waals surface area contributed by atoms with E-state index in [0.717, 1.165) is 31.4 Å². The van der Waals surface area contributed by atoms with Crippen LogP contribution in [-0.2, 0) is 6.42 Å². The van der Waals surface area contributed by atoms with Gasteiger partial charge < -0.3 is 10.1 Å². The molecule has 2 aromatic rings. The lowest BCUT2D eigenvalue weighted by Crippen LogP contribution is -2.20. The Morgan fingerprint density at radius 2 is 2.09 bits per heavy atom. The Morgan fingerprint density at radius 1 is 1.27 bits per heavy atom. The highest BCUT2D eigenvalue weighted by molar-refractivity contribution is 5.88. The molecule has 116 valence electrons. The van der Waals surface area contributed by atoms with Crippen molar-refractivity contribution in [1.82, 2.24) is 9.97 Å². The standard InChI is InChI=1S/C17H20N2O3/c1-2-3-4-5-9-15-12(14-8-6-7-10-18-14)11-13(17(21)22)16(20)19-15/h6-8,10-11H,2-5,9H2,1H3,(H,19,20)(H,21,22). The molecular formula is C17H20N2O3. The second-order valence-corrected chi connectivity index (χ2v) is 5.24. The highest BCUT2D eigenvalue weighted by Gasteiger charge is 2.15. The molecule has 0 amide bonds. The van der Waals surface area contributed by atoms with Crippen LogP contribution in [-0.4, -0.2) is 21.0 Å². The number of unbranched alkanes of at least 4 members (excludes halogenated alkanes) is 3. The average molecular weight is 300 g/mol. The van der Waals surface area contributed by atoms with Crippen LogP contribution < -0.4 is 5.56 Å². The van der Waals surface area contributed by atoms with Crippen LogP contribution in [0.2, 0.25) is 0 Å². The summed E-state index contributed by atoms with van der Waals surface area (Å²) in [6, 6.07) is 6.89. The number of hydrogen-bond donors (Lipinski definition) is 2. The van der Waals surface area contributed by atoms with Gasteiger partial charge in [-0.25, -0.2) is 4.79 Å². The van der Waals surface area contributed by atoms with Crippen LogP contribution in [0.4, 0.5) is 0 Å². The van der Waals surface area contributed by atoms with Crippen LogP contribution in [0.5, 0.6) is 0 Å². The first-order chi connectivity index (χ1) is 10.6. The number of hydrogen-bond acceptors (Lipinski definition) is 3. The maximum absolute atomic E-state index is 11.9. The van der Waals surface area contributed by atoms with Crippen molar-refractivity contribution < 1.29 is 9.90 Å². The van der Waals surface area contributed by atoms with E-state index >= 15 is 0 Å². The first kappa shape index (κ1) is 15.9. The average Bonchev–Trinajstić information content (AvgIpc) is 2.52. The first-order valence-electron chi connectivity index (χ1n) is 7.54. The van der Waals surface area contributed by atoms with Gasteiger partial charge in [-0.05, 0) is 31.0 Å². The number of nitrogens with one attached hydrogen (secondary N) is 1. The molecule has 2 aromatic heterocycles. The van der Waals surface area contributed by atoms with Crippen molar-refractivity contribution in [2.24, 2.45) is 0 Å². The Hall–Kier alpha value is -2.43. The van der Waals surface area contributed by atoms with Crippen molar-refractivity contribution >= 4 is 5.97 Å². The van der Waals surface area contributed by atoms with Gasteiger partial charge in [0.15, 0.2) is 0 Å². The minimum atomic E-state index is -1.23. The highest BCUT2D eigenvalue weighted by Crippen LogP contribution is 2.22. The van der Waals surface area contributed by atoms with Crippen molar-refractivity contribution in [3.05, 3.63) is 52.1 Å². The summed E-state index contributed by atoms with van der Waals surface area (Å²) < 4.78 is 0. The monoisotopic (exact) mass is 300 g/mol. The smallest absolute Gasteiger partial charge is 0.341 e. The van der Waals surface area contributed by atoms with Gasteiger partial charge in [0.25, 0.3) is 5.56 Å². The fraction of sp³-hybridized carbons (Fsp3) is 0.353. The Bertz CT molecular complexity index is 693.